The Bertz CT molecular complexity index is 1210. The summed E-state index contributed by atoms with van der Waals surface area (Å²) in [5, 5.41) is 2.92. The maximum absolute atomic E-state index is 13.5. The molecule has 0 aromatic heterocycles. The summed E-state index contributed by atoms with van der Waals surface area (Å²) in [5.74, 6) is 0.642. The Morgan fingerprint density at radius 3 is 2.43 bits per heavy atom. The van der Waals surface area contributed by atoms with Crippen LogP contribution in [0.2, 0.25) is 0 Å². The minimum atomic E-state index is -3.61. The van der Waals surface area contributed by atoms with Crippen LogP contribution in [0.15, 0.2) is 42.5 Å². The molecule has 1 atom stereocenters. The van der Waals surface area contributed by atoms with E-state index in [2.05, 4.69) is 5.32 Å². The molecule has 37 heavy (non-hydrogen) atoms. The van der Waals surface area contributed by atoms with Crippen LogP contribution in [0, 0.1) is 6.92 Å². The van der Waals surface area contributed by atoms with Gasteiger partial charge in [-0.25, -0.2) is 8.42 Å². The third-order valence-electron chi connectivity index (χ3n) is 6.22. The fourth-order valence-electron chi connectivity index (χ4n) is 4.32. The van der Waals surface area contributed by atoms with Crippen molar-refractivity contribution in [2.45, 2.75) is 65.6 Å². The summed E-state index contributed by atoms with van der Waals surface area (Å²) in [6.45, 7) is 8.12. The van der Waals surface area contributed by atoms with E-state index in [1.54, 1.807) is 23.1 Å². The Labute approximate surface area is 219 Å². The monoisotopic (exact) mass is 531 g/mol. The van der Waals surface area contributed by atoms with Gasteiger partial charge in [-0.2, -0.15) is 0 Å². The molecule has 2 amide bonds. The van der Waals surface area contributed by atoms with Crippen molar-refractivity contribution >= 4 is 27.5 Å². The van der Waals surface area contributed by atoms with Crippen LogP contribution in [-0.2, 0) is 26.2 Å². The smallest absolute Gasteiger partial charge is 0.243 e. The zero-order valence-electron chi connectivity index (χ0n) is 22.2. The number of hydrogen-bond donors (Lipinski definition) is 1. The van der Waals surface area contributed by atoms with Gasteiger partial charge in [-0.3, -0.25) is 13.9 Å². The molecule has 0 spiro atoms. The standard InChI is InChI=1S/C27H37N3O6S/c1-6-23(27(32)28-19(2)3)29(17-21-11-8-7-10-20(21)4)26(31)12-9-15-30(37(5,33)34)22-13-14-24-25(16-22)36-18-35-24/h7-8,10-11,13-14,16,19,23H,6,9,12,15,17-18H2,1-5H3,(H,28,32). The number of carbonyl (C=O) groups is 2. The van der Waals surface area contributed by atoms with Crippen LogP contribution in [-0.4, -0.2) is 56.8 Å². The number of nitrogens with one attached hydrogen (secondary N) is 1. The first-order valence-electron chi connectivity index (χ1n) is 12.5. The van der Waals surface area contributed by atoms with Crippen LogP contribution in [0.3, 0.4) is 0 Å². The number of rotatable bonds is 12. The number of fused-ring (bicyclic) bond motifs is 1. The molecular formula is C27H37N3O6S. The SMILES string of the molecule is CCC(C(=O)NC(C)C)N(Cc1ccccc1C)C(=O)CCCN(c1ccc2c(c1)OCO2)S(C)(=O)=O. The topological polar surface area (TPSA) is 105 Å². The van der Waals surface area contributed by atoms with Gasteiger partial charge in [-0.1, -0.05) is 31.2 Å². The van der Waals surface area contributed by atoms with Crippen LogP contribution in [0.25, 0.3) is 0 Å². The summed E-state index contributed by atoms with van der Waals surface area (Å²) < 4.78 is 37.1. The van der Waals surface area contributed by atoms with Crippen molar-refractivity contribution in [3.63, 3.8) is 0 Å². The Morgan fingerprint density at radius 2 is 1.78 bits per heavy atom. The van der Waals surface area contributed by atoms with Gasteiger partial charge < -0.3 is 19.7 Å². The van der Waals surface area contributed by atoms with Crippen molar-refractivity contribution < 1.29 is 27.5 Å². The van der Waals surface area contributed by atoms with Crippen LogP contribution in [0.5, 0.6) is 11.5 Å². The Balaban J connectivity index is 1.77. The third kappa shape index (κ3) is 7.38. The van der Waals surface area contributed by atoms with E-state index in [0.29, 0.717) is 30.2 Å². The minimum Gasteiger partial charge on any atom is -0.454 e. The molecule has 0 saturated carbocycles. The lowest BCUT2D eigenvalue weighted by Gasteiger charge is -2.32. The number of aryl methyl sites for hydroxylation is 1. The predicted octanol–water partition coefficient (Wildman–Crippen LogP) is 3.60. The summed E-state index contributed by atoms with van der Waals surface area (Å²) in [7, 11) is -3.61. The molecule has 0 aliphatic carbocycles. The molecule has 0 saturated heterocycles. The number of carbonyl (C=O) groups excluding carboxylic acids is 2. The van der Waals surface area contributed by atoms with Gasteiger partial charge in [-0.05, 0) is 56.9 Å². The fourth-order valence-corrected chi connectivity index (χ4v) is 5.27. The Morgan fingerprint density at radius 1 is 1.08 bits per heavy atom. The van der Waals surface area contributed by atoms with Crippen LogP contribution in [0.1, 0.15) is 51.2 Å². The lowest BCUT2D eigenvalue weighted by Crippen LogP contribution is -2.50. The first-order valence-corrected chi connectivity index (χ1v) is 14.4. The summed E-state index contributed by atoms with van der Waals surface area (Å²) in [5.41, 5.74) is 2.44. The summed E-state index contributed by atoms with van der Waals surface area (Å²) >= 11 is 0. The summed E-state index contributed by atoms with van der Waals surface area (Å²) in [4.78, 5) is 28.1. The maximum Gasteiger partial charge on any atom is 0.243 e. The molecule has 0 radical (unpaired) electrons. The molecule has 202 valence electrons. The van der Waals surface area contributed by atoms with Gasteiger partial charge in [0.05, 0.1) is 11.9 Å². The van der Waals surface area contributed by atoms with Crippen molar-refractivity contribution in [2.24, 2.45) is 0 Å². The summed E-state index contributed by atoms with van der Waals surface area (Å²) in [6, 6.07) is 12.0. The summed E-state index contributed by atoms with van der Waals surface area (Å²) in [6.07, 6.45) is 1.97. The molecule has 1 unspecified atom stereocenters. The molecular weight excluding hydrogens is 494 g/mol. The molecule has 3 rings (SSSR count). The van der Waals surface area contributed by atoms with E-state index in [0.717, 1.165) is 17.4 Å². The largest absolute Gasteiger partial charge is 0.454 e. The molecule has 0 bridgehead atoms. The molecule has 0 fully saturated rings. The van der Waals surface area contributed by atoms with E-state index in [4.69, 9.17) is 9.47 Å². The lowest BCUT2D eigenvalue weighted by atomic mass is 10.0. The highest BCUT2D eigenvalue weighted by atomic mass is 32.2. The molecule has 1 N–H and O–H groups in total. The first kappa shape index (κ1) is 28.3. The van der Waals surface area contributed by atoms with Gasteiger partial charge >= 0.3 is 0 Å². The number of benzene rings is 2. The molecule has 1 aliphatic heterocycles. The molecule has 1 heterocycles. The lowest BCUT2D eigenvalue weighted by molar-refractivity contribution is -0.141. The third-order valence-corrected chi connectivity index (χ3v) is 7.41. The van der Waals surface area contributed by atoms with E-state index in [1.807, 2.05) is 52.0 Å². The van der Waals surface area contributed by atoms with Crippen LogP contribution in [0.4, 0.5) is 5.69 Å². The second-order valence-corrected chi connectivity index (χ2v) is 11.4. The molecule has 1 aliphatic rings. The average Bonchev–Trinajstić information content (AvgIpc) is 3.29. The van der Waals surface area contributed by atoms with Crippen molar-refractivity contribution in [3.8, 4) is 11.5 Å². The zero-order chi connectivity index (χ0) is 27.2. The minimum absolute atomic E-state index is 0.0537. The number of sulfonamides is 1. The highest BCUT2D eigenvalue weighted by Gasteiger charge is 2.29. The first-order chi connectivity index (χ1) is 17.5. The molecule has 2 aromatic carbocycles. The molecule has 2 aromatic rings. The maximum atomic E-state index is 13.5. The van der Waals surface area contributed by atoms with Crippen molar-refractivity contribution in [2.75, 3.05) is 23.9 Å². The van der Waals surface area contributed by atoms with Gasteiger partial charge in [0, 0.05) is 31.6 Å². The van der Waals surface area contributed by atoms with E-state index >= 15 is 0 Å². The van der Waals surface area contributed by atoms with Gasteiger partial charge in [0.2, 0.25) is 28.6 Å². The van der Waals surface area contributed by atoms with E-state index in [9.17, 15) is 18.0 Å². The van der Waals surface area contributed by atoms with Crippen LogP contribution >= 0.6 is 0 Å². The van der Waals surface area contributed by atoms with Crippen molar-refractivity contribution in [1.29, 1.82) is 0 Å². The number of ether oxygens (including phenoxy) is 2. The normalized spacial score (nSPS) is 13.4. The van der Waals surface area contributed by atoms with E-state index < -0.39 is 16.1 Å². The number of anilines is 1. The van der Waals surface area contributed by atoms with Gasteiger partial charge in [-0.15, -0.1) is 0 Å². The second-order valence-electron chi connectivity index (χ2n) is 9.51. The highest BCUT2D eigenvalue weighted by Crippen LogP contribution is 2.36. The number of amides is 2. The van der Waals surface area contributed by atoms with E-state index in [1.165, 1.54) is 4.31 Å². The second kappa shape index (κ2) is 12.3. The van der Waals surface area contributed by atoms with Gasteiger partial charge in [0.15, 0.2) is 11.5 Å². The van der Waals surface area contributed by atoms with Crippen LogP contribution < -0.4 is 19.1 Å². The fraction of sp³-hybridized carbons (Fsp3) is 0.481. The van der Waals surface area contributed by atoms with Crippen molar-refractivity contribution in [1.82, 2.24) is 10.2 Å². The average molecular weight is 532 g/mol. The Hall–Kier alpha value is -3.27. The zero-order valence-corrected chi connectivity index (χ0v) is 23.0. The quantitative estimate of drug-likeness (QED) is 0.449. The van der Waals surface area contributed by atoms with Gasteiger partial charge in [0.1, 0.15) is 6.04 Å². The highest BCUT2D eigenvalue weighted by molar-refractivity contribution is 7.92. The molecule has 9 nitrogen and oxygen atoms in total. The Kier molecular flexibility index (Phi) is 9.42. The number of nitrogens with zero attached hydrogens (tertiary/aromatic N) is 2. The van der Waals surface area contributed by atoms with E-state index in [-0.39, 0.29) is 44.0 Å². The van der Waals surface area contributed by atoms with Crippen molar-refractivity contribution in [3.05, 3.63) is 53.6 Å². The number of hydrogen-bond acceptors (Lipinski definition) is 6. The predicted molar refractivity (Wildman–Crippen MR) is 143 cm³/mol. The van der Waals surface area contributed by atoms with Gasteiger partial charge in [0.25, 0.3) is 0 Å². The molecule has 10 heteroatoms.